The molecule has 2 heteroatoms. The minimum atomic E-state index is 0.257. The van der Waals surface area contributed by atoms with E-state index in [1.54, 1.807) is 0 Å². The minimum absolute atomic E-state index is 0.257. The lowest BCUT2D eigenvalue weighted by molar-refractivity contribution is -0.131. The molecule has 1 rings (SSSR count). The molecule has 1 aliphatic rings. The van der Waals surface area contributed by atoms with Gasteiger partial charge in [0.25, 0.3) is 0 Å². The van der Waals surface area contributed by atoms with Crippen molar-refractivity contribution in [2.45, 2.75) is 45.4 Å². The van der Waals surface area contributed by atoms with Crippen molar-refractivity contribution >= 4 is 5.91 Å². The van der Waals surface area contributed by atoms with Crippen LogP contribution in [-0.2, 0) is 4.79 Å². The summed E-state index contributed by atoms with van der Waals surface area (Å²) < 4.78 is 0. The third kappa shape index (κ3) is 4.85. The highest BCUT2D eigenvalue weighted by atomic mass is 16.2. The number of likely N-dealkylation sites (tertiary alicyclic amines) is 1. The van der Waals surface area contributed by atoms with E-state index in [-0.39, 0.29) is 5.91 Å². The summed E-state index contributed by atoms with van der Waals surface area (Å²) in [6.45, 7) is 4.04. The Morgan fingerprint density at radius 1 is 1.27 bits per heavy atom. The maximum atomic E-state index is 11.7. The molecule has 0 aromatic heterocycles. The molecule has 84 valence electrons. The highest BCUT2D eigenvalue weighted by Crippen LogP contribution is 2.09. The Balaban J connectivity index is 2.25. The number of rotatable bonds is 4. The van der Waals surface area contributed by atoms with E-state index in [2.05, 4.69) is 12.7 Å². The highest BCUT2D eigenvalue weighted by Gasteiger charge is 2.14. The molecule has 0 N–H and O–H groups in total. The first-order valence-corrected chi connectivity index (χ1v) is 6.01. The fourth-order valence-electron chi connectivity index (χ4n) is 1.73. The van der Waals surface area contributed by atoms with Crippen LogP contribution in [0.1, 0.15) is 45.4 Å². The van der Waals surface area contributed by atoms with Gasteiger partial charge in [0.15, 0.2) is 0 Å². The van der Waals surface area contributed by atoms with E-state index in [1.807, 2.05) is 17.1 Å². The Morgan fingerprint density at radius 2 is 2.00 bits per heavy atom. The van der Waals surface area contributed by atoms with Crippen molar-refractivity contribution in [3.63, 3.8) is 0 Å². The number of unbranched alkanes of at least 4 members (excludes halogenated alkanes) is 1. The molecule has 1 saturated heterocycles. The van der Waals surface area contributed by atoms with Crippen molar-refractivity contribution < 1.29 is 4.79 Å². The Kier molecular flexibility index (Phi) is 5.87. The molecule has 0 aromatic rings. The van der Waals surface area contributed by atoms with Gasteiger partial charge in [-0.2, -0.15) is 0 Å². The smallest absolute Gasteiger partial charge is 0.227 e. The van der Waals surface area contributed by atoms with Crippen molar-refractivity contribution in [2.75, 3.05) is 13.1 Å². The molecule has 0 unspecified atom stereocenters. The van der Waals surface area contributed by atoms with Crippen LogP contribution in [0, 0.1) is 0 Å². The number of hydrogen-bond acceptors (Lipinski definition) is 1. The molecule has 2 nitrogen and oxygen atoms in total. The van der Waals surface area contributed by atoms with Crippen molar-refractivity contribution in [1.82, 2.24) is 4.90 Å². The van der Waals surface area contributed by atoms with E-state index < -0.39 is 0 Å². The second kappa shape index (κ2) is 7.30. The molecule has 0 spiro atoms. The Morgan fingerprint density at radius 3 is 2.67 bits per heavy atom. The normalized spacial score (nSPS) is 15.7. The molecule has 0 saturated carbocycles. The number of hydrogen-bond donors (Lipinski definition) is 0. The summed E-state index contributed by atoms with van der Waals surface area (Å²) in [7, 11) is 0. The second-order valence-corrected chi connectivity index (χ2v) is 4.01. The van der Waals surface area contributed by atoms with Crippen molar-refractivity contribution in [1.29, 1.82) is 0 Å². The van der Waals surface area contributed by atoms with E-state index >= 15 is 0 Å². The summed E-state index contributed by atoms with van der Waals surface area (Å²) in [5.74, 6) is 0.257. The monoisotopic (exact) mass is 207 g/mol. The first-order chi connectivity index (χ1) is 7.34. The second-order valence-electron chi connectivity index (χ2n) is 4.01. The predicted molar refractivity (Wildman–Crippen MR) is 62.6 cm³/mol. The van der Waals surface area contributed by atoms with Gasteiger partial charge in [0.1, 0.15) is 0 Å². The average Bonchev–Trinajstić information content (AvgIpc) is 2.30. The van der Waals surface area contributed by atoms with Crippen molar-refractivity contribution in [3.05, 3.63) is 17.9 Å². The Bertz CT molecular complexity index is 245. The molecule has 0 radical (unpaired) electrons. The SMILES string of the molecule is CCCC=C=CCC(=O)N1CCCCC1. The first-order valence-electron chi connectivity index (χ1n) is 6.01. The Labute approximate surface area is 92.7 Å². The summed E-state index contributed by atoms with van der Waals surface area (Å²) in [5.41, 5.74) is 3.06. The van der Waals surface area contributed by atoms with Gasteiger partial charge in [-0.25, -0.2) is 0 Å². The molecule has 0 atom stereocenters. The van der Waals surface area contributed by atoms with E-state index in [0.717, 1.165) is 25.9 Å². The molecular formula is C13H21NO. The van der Waals surface area contributed by atoms with Gasteiger partial charge in [-0.15, -0.1) is 5.73 Å². The van der Waals surface area contributed by atoms with E-state index in [4.69, 9.17) is 0 Å². The summed E-state index contributed by atoms with van der Waals surface area (Å²) >= 11 is 0. The van der Waals surface area contributed by atoms with Gasteiger partial charge in [0.2, 0.25) is 5.91 Å². The van der Waals surface area contributed by atoms with Crippen LogP contribution in [0.15, 0.2) is 17.9 Å². The number of amides is 1. The highest BCUT2D eigenvalue weighted by molar-refractivity contribution is 5.77. The molecule has 0 aromatic carbocycles. The summed E-state index contributed by atoms with van der Waals surface area (Å²) in [6, 6.07) is 0. The molecule has 1 fully saturated rings. The van der Waals surface area contributed by atoms with Crippen molar-refractivity contribution in [3.8, 4) is 0 Å². The maximum absolute atomic E-state index is 11.7. The maximum Gasteiger partial charge on any atom is 0.227 e. The molecule has 0 aliphatic carbocycles. The largest absolute Gasteiger partial charge is 0.342 e. The van der Waals surface area contributed by atoms with Gasteiger partial charge in [-0.3, -0.25) is 4.79 Å². The van der Waals surface area contributed by atoms with Gasteiger partial charge in [-0.1, -0.05) is 13.3 Å². The molecule has 1 aliphatic heterocycles. The first kappa shape index (κ1) is 12.1. The topological polar surface area (TPSA) is 20.3 Å². The van der Waals surface area contributed by atoms with E-state index in [0.29, 0.717) is 6.42 Å². The van der Waals surface area contributed by atoms with Gasteiger partial charge in [0, 0.05) is 13.1 Å². The predicted octanol–water partition coefficient (Wildman–Crippen LogP) is 2.90. The van der Waals surface area contributed by atoms with Crippen LogP contribution < -0.4 is 0 Å². The third-order valence-electron chi connectivity index (χ3n) is 2.65. The van der Waals surface area contributed by atoms with Crippen LogP contribution in [0.3, 0.4) is 0 Å². The van der Waals surface area contributed by atoms with E-state index in [9.17, 15) is 4.79 Å². The zero-order chi connectivity index (χ0) is 10.9. The number of nitrogens with zero attached hydrogens (tertiary/aromatic N) is 1. The van der Waals surface area contributed by atoms with Gasteiger partial charge in [0.05, 0.1) is 6.42 Å². The molecular weight excluding hydrogens is 186 g/mol. The van der Waals surface area contributed by atoms with E-state index in [1.165, 1.54) is 19.3 Å². The lowest BCUT2D eigenvalue weighted by Gasteiger charge is -2.26. The van der Waals surface area contributed by atoms with Crippen LogP contribution in [0.25, 0.3) is 0 Å². The number of carbonyl (C=O) groups is 1. The lowest BCUT2D eigenvalue weighted by Crippen LogP contribution is -2.35. The molecule has 15 heavy (non-hydrogen) atoms. The average molecular weight is 207 g/mol. The Hall–Kier alpha value is -1.01. The molecule has 1 amide bonds. The molecule has 0 bridgehead atoms. The van der Waals surface area contributed by atoms with Crippen LogP contribution in [0.4, 0.5) is 0 Å². The van der Waals surface area contributed by atoms with Crippen LogP contribution in [0.5, 0.6) is 0 Å². The molecule has 1 heterocycles. The summed E-state index contributed by atoms with van der Waals surface area (Å²) in [4.78, 5) is 13.6. The van der Waals surface area contributed by atoms with Crippen LogP contribution in [0.2, 0.25) is 0 Å². The quantitative estimate of drug-likeness (QED) is 0.649. The van der Waals surface area contributed by atoms with Crippen LogP contribution >= 0.6 is 0 Å². The van der Waals surface area contributed by atoms with Crippen LogP contribution in [-0.4, -0.2) is 23.9 Å². The summed E-state index contributed by atoms with van der Waals surface area (Å²) in [6.07, 6.45) is 10.2. The summed E-state index contributed by atoms with van der Waals surface area (Å²) in [5, 5.41) is 0. The van der Waals surface area contributed by atoms with Gasteiger partial charge in [-0.05, 0) is 37.8 Å². The third-order valence-corrected chi connectivity index (χ3v) is 2.65. The van der Waals surface area contributed by atoms with Gasteiger partial charge >= 0.3 is 0 Å². The zero-order valence-electron chi connectivity index (χ0n) is 9.67. The van der Waals surface area contributed by atoms with Crippen molar-refractivity contribution in [2.24, 2.45) is 0 Å². The lowest BCUT2D eigenvalue weighted by atomic mass is 10.1. The standard InChI is InChI=1S/C13H21NO/c1-2-3-4-5-7-10-13(15)14-11-8-6-9-12-14/h4,7H,2-3,6,8-12H2,1H3. The number of piperidine rings is 1. The minimum Gasteiger partial charge on any atom is -0.342 e. The fourth-order valence-corrected chi connectivity index (χ4v) is 1.73. The fraction of sp³-hybridized carbons (Fsp3) is 0.692. The van der Waals surface area contributed by atoms with Gasteiger partial charge < -0.3 is 4.90 Å². The zero-order valence-corrected chi connectivity index (χ0v) is 9.67. The number of carbonyl (C=O) groups excluding carboxylic acids is 1.